The summed E-state index contributed by atoms with van der Waals surface area (Å²) in [5, 5.41) is 20.8. The highest BCUT2D eigenvalue weighted by Gasteiger charge is 2.28. The summed E-state index contributed by atoms with van der Waals surface area (Å²) < 4.78 is 15.8. The highest BCUT2D eigenvalue weighted by Crippen LogP contribution is 2.07. The van der Waals surface area contributed by atoms with E-state index in [2.05, 4.69) is 5.32 Å². The Balaban J connectivity index is 1.99. The molecule has 0 aliphatic carbocycles. The molecule has 21 heavy (non-hydrogen) atoms. The lowest BCUT2D eigenvalue weighted by Gasteiger charge is -2.36. The Hall–Kier alpha value is -0.930. The van der Waals surface area contributed by atoms with Crippen LogP contribution in [0.15, 0.2) is 0 Å². The Morgan fingerprint density at radius 2 is 1.81 bits per heavy atom. The Kier molecular flexibility index (Phi) is 9.27. The third-order valence-corrected chi connectivity index (χ3v) is 3.20. The fourth-order valence-electron chi connectivity index (χ4n) is 2.04. The van der Waals surface area contributed by atoms with Crippen molar-refractivity contribution >= 4 is 6.09 Å². The second kappa shape index (κ2) is 10.7. The number of aliphatic hydroxyl groups excluding tert-OH is 1. The first-order chi connectivity index (χ1) is 10.1. The summed E-state index contributed by atoms with van der Waals surface area (Å²) in [6, 6.07) is 0.00573. The van der Waals surface area contributed by atoms with E-state index in [0.717, 1.165) is 0 Å². The quantitative estimate of drug-likeness (QED) is 0.462. The van der Waals surface area contributed by atoms with Crippen LogP contribution in [0.4, 0.5) is 4.79 Å². The molecule has 1 aliphatic rings. The molecule has 0 saturated carbocycles. The molecule has 1 rings (SSSR count). The first-order valence-corrected chi connectivity index (χ1v) is 7.22. The molecule has 1 saturated heterocycles. The third-order valence-electron chi connectivity index (χ3n) is 3.20. The maximum absolute atomic E-state index is 11.0. The van der Waals surface area contributed by atoms with Gasteiger partial charge < -0.3 is 34.6 Å². The van der Waals surface area contributed by atoms with E-state index in [9.17, 15) is 4.79 Å². The van der Waals surface area contributed by atoms with Gasteiger partial charge in [0.05, 0.1) is 46.2 Å². The molecule has 0 bridgehead atoms. The van der Waals surface area contributed by atoms with Crippen LogP contribution in [0.25, 0.3) is 0 Å². The highest BCUT2D eigenvalue weighted by molar-refractivity contribution is 5.65. The Labute approximate surface area is 125 Å². The summed E-state index contributed by atoms with van der Waals surface area (Å²) >= 11 is 0. The minimum absolute atomic E-state index is 0.0130. The normalized spacial score (nSPS) is 22.5. The lowest BCUT2D eigenvalue weighted by molar-refractivity contribution is -0.000319. The zero-order valence-corrected chi connectivity index (χ0v) is 12.5. The predicted molar refractivity (Wildman–Crippen MR) is 75.5 cm³/mol. The van der Waals surface area contributed by atoms with E-state index in [1.807, 2.05) is 6.92 Å². The number of ether oxygens (including phenoxy) is 3. The second-order valence-corrected chi connectivity index (χ2v) is 4.91. The standard InChI is InChI=1S/C13H26N2O6/c1-11-8-14-12(9-15(11)13(17)18)10-21-7-6-20-5-4-19-3-2-16/h11-12,14,16H,2-10H2,1H3,(H,17,18)/t11-,12-/m1/s1. The van der Waals surface area contributed by atoms with E-state index in [4.69, 9.17) is 24.4 Å². The van der Waals surface area contributed by atoms with Crippen molar-refractivity contribution in [2.24, 2.45) is 0 Å². The van der Waals surface area contributed by atoms with Crippen molar-refractivity contribution in [2.75, 3.05) is 59.3 Å². The van der Waals surface area contributed by atoms with Gasteiger partial charge in [-0.15, -0.1) is 0 Å². The van der Waals surface area contributed by atoms with Crippen LogP contribution in [0.1, 0.15) is 6.92 Å². The Bertz CT molecular complexity index is 292. The molecule has 1 fully saturated rings. The van der Waals surface area contributed by atoms with E-state index in [-0.39, 0.29) is 18.7 Å². The van der Waals surface area contributed by atoms with Crippen molar-refractivity contribution < 1.29 is 29.2 Å². The summed E-state index contributed by atoms with van der Waals surface area (Å²) in [4.78, 5) is 12.5. The highest BCUT2D eigenvalue weighted by atomic mass is 16.5. The Morgan fingerprint density at radius 3 is 2.43 bits per heavy atom. The fourth-order valence-corrected chi connectivity index (χ4v) is 2.04. The van der Waals surface area contributed by atoms with Gasteiger partial charge >= 0.3 is 6.09 Å². The van der Waals surface area contributed by atoms with Gasteiger partial charge in [0.1, 0.15) is 0 Å². The molecule has 1 heterocycles. The number of carboxylic acid groups (broad SMARTS) is 1. The van der Waals surface area contributed by atoms with Crippen LogP contribution in [0, 0.1) is 0 Å². The van der Waals surface area contributed by atoms with E-state index in [1.165, 1.54) is 4.90 Å². The monoisotopic (exact) mass is 306 g/mol. The van der Waals surface area contributed by atoms with Crippen molar-refractivity contribution in [1.82, 2.24) is 10.2 Å². The molecule has 0 radical (unpaired) electrons. The zero-order valence-electron chi connectivity index (χ0n) is 12.5. The summed E-state index contributed by atoms with van der Waals surface area (Å²) in [5.41, 5.74) is 0. The number of hydrogen-bond donors (Lipinski definition) is 3. The number of amides is 1. The van der Waals surface area contributed by atoms with Gasteiger partial charge in [-0.1, -0.05) is 0 Å². The lowest BCUT2D eigenvalue weighted by Crippen LogP contribution is -2.58. The molecular formula is C13H26N2O6. The van der Waals surface area contributed by atoms with E-state index < -0.39 is 6.09 Å². The number of aliphatic hydroxyl groups is 1. The summed E-state index contributed by atoms with van der Waals surface area (Å²) in [6.45, 7) is 5.60. The fraction of sp³-hybridized carbons (Fsp3) is 0.923. The molecule has 0 unspecified atom stereocenters. The molecule has 1 aliphatic heterocycles. The van der Waals surface area contributed by atoms with Gasteiger partial charge in [0, 0.05) is 25.2 Å². The summed E-state index contributed by atoms with van der Waals surface area (Å²) in [6.07, 6.45) is -0.889. The molecular weight excluding hydrogens is 280 g/mol. The van der Waals surface area contributed by atoms with Crippen LogP contribution >= 0.6 is 0 Å². The average molecular weight is 306 g/mol. The molecule has 124 valence electrons. The van der Waals surface area contributed by atoms with Gasteiger partial charge in [0.15, 0.2) is 0 Å². The van der Waals surface area contributed by atoms with Crippen molar-refractivity contribution in [3.05, 3.63) is 0 Å². The van der Waals surface area contributed by atoms with Crippen molar-refractivity contribution in [2.45, 2.75) is 19.0 Å². The number of rotatable bonds is 10. The second-order valence-electron chi connectivity index (χ2n) is 4.91. The summed E-state index contributed by atoms with van der Waals surface area (Å²) in [7, 11) is 0. The van der Waals surface area contributed by atoms with Crippen LogP contribution in [0.2, 0.25) is 0 Å². The molecule has 1 amide bonds. The van der Waals surface area contributed by atoms with Gasteiger partial charge in [-0.05, 0) is 6.92 Å². The minimum atomic E-state index is -0.889. The van der Waals surface area contributed by atoms with Crippen molar-refractivity contribution in [3.63, 3.8) is 0 Å². The number of hydrogen-bond acceptors (Lipinski definition) is 6. The smallest absolute Gasteiger partial charge is 0.407 e. The lowest BCUT2D eigenvalue weighted by atomic mass is 10.1. The molecule has 8 heteroatoms. The Morgan fingerprint density at radius 1 is 1.19 bits per heavy atom. The molecule has 8 nitrogen and oxygen atoms in total. The maximum Gasteiger partial charge on any atom is 0.407 e. The number of piperazine rings is 1. The molecule has 0 aromatic heterocycles. The molecule has 2 atom stereocenters. The van der Waals surface area contributed by atoms with Crippen LogP contribution in [0.3, 0.4) is 0 Å². The third kappa shape index (κ3) is 7.58. The molecule has 0 spiro atoms. The number of nitrogens with zero attached hydrogens (tertiary/aromatic N) is 1. The minimum Gasteiger partial charge on any atom is -0.465 e. The summed E-state index contributed by atoms with van der Waals surface area (Å²) in [5.74, 6) is 0. The van der Waals surface area contributed by atoms with Crippen LogP contribution in [-0.2, 0) is 14.2 Å². The maximum atomic E-state index is 11.0. The van der Waals surface area contributed by atoms with Crippen LogP contribution in [-0.4, -0.2) is 92.6 Å². The van der Waals surface area contributed by atoms with Gasteiger partial charge in [-0.3, -0.25) is 0 Å². The van der Waals surface area contributed by atoms with E-state index in [1.54, 1.807) is 0 Å². The first-order valence-electron chi connectivity index (χ1n) is 7.22. The van der Waals surface area contributed by atoms with E-state index >= 15 is 0 Å². The van der Waals surface area contributed by atoms with Gasteiger partial charge in [0.2, 0.25) is 0 Å². The van der Waals surface area contributed by atoms with Gasteiger partial charge in [-0.25, -0.2) is 4.79 Å². The topological polar surface area (TPSA) is 100 Å². The van der Waals surface area contributed by atoms with E-state index in [0.29, 0.717) is 52.7 Å². The van der Waals surface area contributed by atoms with Crippen LogP contribution in [0.5, 0.6) is 0 Å². The van der Waals surface area contributed by atoms with Crippen molar-refractivity contribution in [1.29, 1.82) is 0 Å². The largest absolute Gasteiger partial charge is 0.465 e. The van der Waals surface area contributed by atoms with Crippen LogP contribution < -0.4 is 5.32 Å². The van der Waals surface area contributed by atoms with Gasteiger partial charge in [-0.2, -0.15) is 0 Å². The van der Waals surface area contributed by atoms with Crippen molar-refractivity contribution in [3.8, 4) is 0 Å². The molecule has 0 aromatic carbocycles. The first kappa shape index (κ1) is 18.1. The molecule has 0 aromatic rings. The average Bonchev–Trinajstić information content (AvgIpc) is 2.47. The SMILES string of the molecule is C[C@@H]1CN[C@@H](COCCOCCOCCO)CN1C(=O)O. The predicted octanol–water partition coefficient (Wildman–Crippen LogP) is -0.631. The number of carbonyl (C=O) groups is 1. The number of nitrogens with one attached hydrogen (secondary N) is 1. The molecule has 3 N–H and O–H groups in total. The van der Waals surface area contributed by atoms with Gasteiger partial charge in [0.25, 0.3) is 0 Å². The zero-order chi connectivity index (χ0) is 15.5.